The fourth-order valence-corrected chi connectivity index (χ4v) is 4.82. The van der Waals surface area contributed by atoms with Crippen LogP contribution in [0, 0.1) is 0 Å². The predicted octanol–water partition coefficient (Wildman–Crippen LogP) is 3.55. The third-order valence-corrected chi connectivity index (χ3v) is 6.35. The van der Waals surface area contributed by atoms with Crippen molar-refractivity contribution in [2.24, 2.45) is 0 Å². The molecule has 1 aliphatic heterocycles. The smallest absolute Gasteiger partial charge is 0.293 e. The third-order valence-electron chi connectivity index (χ3n) is 5.29. The summed E-state index contributed by atoms with van der Waals surface area (Å²) in [6, 6.07) is 8.27. The van der Waals surface area contributed by atoms with Gasteiger partial charge in [-0.05, 0) is 12.5 Å². The lowest BCUT2D eigenvalue weighted by Crippen LogP contribution is -2.39. The van der Waals surface area contributed by atoms with Crippen LogP contribution in [0.2, 0.25) is 0 Å². The van der Waals surface area contributed by atoms with Crippen LogP contribution in [0.15, 0.2) is 29.1 Å². The van der Waals surface area contributed by atoms with E-state index < -0.39 is 0 Å². The number of aryl methyl sites for hydroxylation is 1. The highest BCUT2D eigenvalue weighted by Gasteiger charge is 2.16. The van der Waals surface area contributed by atoms with E-state index in [0.717, 1.165) is 74.4 Å². The summed E-state index contributed by atoms with van der Waals surface area (Å²) in [7, 11) is 0. The van der Waals surface area contributed by atoms with Gasteiger partial charge in [0.15, 0.2) is 5.82 Å². The van der Waals surface area contributed by atoms with Gasteiger partial charge in [0, 0.05) is 42.8 Å². The van der Waals surface area contributed by atoms with Gasteiger partial charge in [-0.3, -0.25) is 9.69 Å². The number of rotatable bonds is 8. The molecule has 1 saturated heterocycles. The number of ether oxygens (including phenoxy) is 1. The Hall–Kier alpha value is -1.96. The molecule has 4 rings (SSSR count). The van der Waals surface area contributed by atoms with Gasteiger partial charge in [-0.1, -0.05) is 38.0 Å². The van der Waals surface area contributed by atoms with Gasteiger partial charge in [0.25, 0.3) is 5.56 Å². The highest BCUT2D eigenvalue weighted by atomic mass is 32.1. The number of morpholine rings is 1. The minimum absolute atomic E-state index is 0.00543. The summed E-state index contributed by atoms with van der Waals surface area (Å²) in [4.78, 5) is 21.2. The first kappa shape index (κ1) is 19.4. The number of nitrogens with zero attached hydrogens (tertiary/aromatic N) is 3. The second-order valence-corrected chi connectivity index (χ2v) is 8.29. The number of aromatic nitrogens is 2. The van der Waals surface area contributed by atoms with Crippen LogP contribution in [0.3, 0.4) is 0 Å². The molecular formula is C21H28N4O2S. The van der Waals surface area contributed by atoms with E-state index in [0.29, 0.717) is 12.4 Å². The molecule has 1 aliphatic rings. The monoisotopic (exact) mass is 400 g/mol. The molecule has 0 unspecified atom stereocenters. The van der Waals surface area contributed by atoms with Gasteiger partial charge in [0.05, 0.1) is 18.7 Å². The van der Waals surface area contributed by atoms with E-state index in [2.05, 4.69) is 29.3 Å². The average molecular weight is 401 g/mol. The minimum Gasteiger partial charge on any atom is -0.379 e. The van der Waals surface area contributed by atoms with E-state index in [4.69, 9.17) is 9.72 Å². The van der Waals surface area contributed by atoms with Crippen LogP contribution in [0.5, 0.6) is 0 Å². The Morgan fingerprint density at radius 1 is 1.18 bits per heavy atom. The van der Waals surface area contributed by atoms with Crippen molar-refractivity contribution in [1.29, 1.82) is 0 Å². The van der Waals surface area contributed by atoms with Crippen molar-refractivity contribution in [1.82, 2.24) is 14.5 Å². The molecule has 150 valence electrons. The number of hydrogen-bond donors (Lipinski definition) is 1. The summed E-state index contributed by atoms with van der Waals surface area (Å²) in [5.41, 5.74) is 0.981. The van der Waals surface area contributed by atoms with Crippen LogP contribution in [0.1, 0.15) is 26.2 Å². The summed E-state index contributed by atoms with van der Waals surface area (Å²) in [5, 5.41) is 4.44. The van der Waals surface area contributed by atoms with Crippen molar-refractivity contribution in [3.8, 4) is 0 Å². The highest BCUT2D eigenvalue weighted by molar-refractivity contribution is 7.25. The van der Waals surface area contributed by atoms with Gasteiger partial charge in [-0.2, -0.15) is 0 Å². The van der Waals surface area contributed by atoms with Crippen LogP contribution in [-0.2, 0) is 11.3 Å². The molecular weight excluding hydrogens is 372 g/mol. The average Bonchev–Trinajstić information content (AvgIpc) is 3.09. The van der Waals surface area contributed by atoms with E-state index in [-0.39, 0.29) is 5.56 Å². The quantitative estimate of drug-likeness (QED) is 0.586. The SMILES string of the molecule is CCCCCn1c(=O)c(NCCN2CCOCC2)nc2sc3ccccc3c21. The number of unbranched alkanes of at least 4 members (excludes halogenated alkanes) is 2. The molecule has 0 bridgehead atoms. The normalized spacial score (nSPS) is 15.5. The Balaban J connectivity index is 1.63. The molecule has 3 heterocycles. The van der Waals surface area contributed by atoms with E-state index in [9.17, 15) is 4.79 Å². The summed E-state index contributed by atoms with van der Waals surface area (Å²) in [6.45, 7) is 8.01. The Labute approximate surface area is 169 Å². The van der Waals surface area contributed by atoms with Crippen molar-refractivity contribution >= 4 is 37.6 Å². The molecule has 0 radical (unpaired) electrons. The van der Waals surface area contributed by atoms with Gasteiger partial charge in [0.1, 0.15) is 4.83 Å². The second kappa shape index (κ2) is 9.03. The minimum atomic E-state index is -0.00543. The zero-order valence-corrected chi connectivity index (χ0v) is 17.3. The van der Waals surface area contributed by atoms with Crippen molar-refractivity contribution in [2.45, 2.75) is 32.7 Å². The Morgan fingerprint density at radius 3 is 2.82 bits per heavy atom. The first-order valence-electron chi connectivity index (χ1n) is 10.2. The molecule has 1 aromatic carbocycles. The molecule has 0 spiro atoms. The van der Waals surface area contributed by atoms with Crippen molar-refractivity contribution in [3.63, 3.8) is 0 Å². The highest BCUT2D eigenvalue weighted by Crippen LogP contribution is 2.32. The Morgan fingerprint density at radius 2 is 2.00 bits per heavy atom. The zero-order chi connectivity index (χ0) is 19.3. The molecule has 1 N–H and O–H groups in total. The fourth-order valence-electron chi connectivity index (χ4n) is 3.74. The lowest BCUT2D eigenvalue weighted by atomic mass is 10.2. The van der Waals surface area contributed by atoms with Crippen LogP contribution >= 0.6 is 11.3 Å². The van der Waals surface area contributed by atoms with Crippen LogP contribution in [-0.4, -0.2) is 53.8 Å². The zero-order valence-electron chi connectivity index (χ0n) is 16.4. The number of benzene rings is 1. The van der Waals surface area contributed by atoms with Crippen LogP contribution in [0.25, 0.3) is 20.4 Å². The third kappa shape index (κ3) is 4.06. The second-order valence-electron chi connectivity index (χ2n) is 7.26. The summed E-state index contributed by atoms with van der Waals surface area (Å²) in [6.07, 6.45) is 3.27. The predicted molar refractivity (Wildman–Crippen MR) is 117 cm³/mol. The van der Waals surface area contributed by atoms with Crippen molar-refractivity contribution in [3.05, 3.63) is 34.6 Å². The van der Waals surface area contributed by atoms with E-state index >= 15 is 0 Å². The van der Waals surface area contributed by atoms with Crippen LogP contribution < -0.4 is 10.9 Å². The van der Waals surface area contributed by atoms with Gasteiger partial charge in [-0.25, -0.2) is 4.98 Å². The maximum Gasteiger partial charge on any atom is 0.293 e. The molecule has 28 heavy (non-hydrogen) atoms. The number of anilines is 1. The first-order chi connectivity index (χ1) is 13.8. The molecule has 0 aliphatic carbocycles. The summed E-state index contributed by atoms with van der Waals surface area (Å²) >= 11 is 1.66. The fraction of sp³-hybridized carbons (Fsp3) is 0.524. The van der Waals surface area contributed by atoms with Gasteiger partial charge in [-0.15, -0.1) is 11.3 Å². The summed E-state index contributed by atoms with van der Waals surface area (Å²) in [5.74, 6) is 0.476. The van der Waals surface area contributed by atoms with Gasteiger partial charge in [0.2, 0.25) is 0 Å². The number of thiophene rings is 1. The van der Waals surface area contributed by atoms with E-state index in [1.165, 1.54) is 4.70 Å². The number of nitrogens with one attached hydrogen (secondary N) is 1. The molecule has 7 heteroatoms. The molecule has 6 nitrogen and oxygen atoms in total. The molecule has 0 amide bonds. The molecule has 1 fully saturated rings. The van der Waals surface area contributed by atoms with Crippen LogP contribution in [0.4, 0.5) is 5.82 Å². The standard InChI is InChI=1S/C21H28N4O2S/c1-2-3-6-10-25-18-16-7-4-5-8-17(16)28-20(18)23-19(21(25)26)22-9-11-24-12-14-27-15-13-24/h4-5,7-8H,2-3,6,9-15H2,1H3,(H,22,23). The molecule has 2 aromatic heterocycles. The largest absolute Gasteiger partial charge is 0.379 e. The first-order valence-corrected chi connectivity index (χ1v) is 11.1. The lowest BCUT2D eigenvalue weighted by molar-refractivity contribution is 0.0398. The number of hydrogen-bond acceptors (Lipinski definition) is 6. The van der Waals surface area contributed by atoms with E-state index in [1.807, 2.05) is 16.7 Å². The van der Waals surface area contributed by atoms with Crippen molar-refractivity contribution in [2.75, 3.05) is 44.7 Å². The molecule has 0 atom stereocenters. The maximum atomic E-state index is 13.2. The Bertz CT molecular complexity index is 991. The maximum absolute atomic E-state index is 13.2. The molecule has 3 aromatic rings. The van der Waals surface area contributed by atoms with E-state index in [1.54, 1.807) is 11.3 Å². The van der Waals surface area contributed by atoms with Gasteiger partial charge < -0.3 is 14.6 Å². The topological polar surface area (TPSA) is 59.4 Å². The number of fused-ring (bicyclic) bond motifs is 3. The summed E-state index contributed by atoms with van der Waals surface area (Å²) < 4.78 is 8.51. The Kier molecular flexibility index (Phi) is 6.24. The van der Waals surface area contributed by atoms with Crippen molar-refractivity contribution < 1.29 is 4.74 Å². The molecule has 0 saturated carbocycles. The van der Waals surface area contributed by atoms with Gasteiger partial charge >= 0.3 is 0 Å². The lowest BCUT2D eigenvalue weighted by Gasteiger charge is -2.26.